The van der Waals surface area contributed by atoms with E-state index in [0.29, 0.717) is 56.6 Å². The molecule has 0 aliphatic heterocycles. The maximum atomic E-state index is 13.6. The minimum atomic E-state index is -5.11. The van der Waals surface area contributed by atoms with Crippen molar-refractivity contribution in [1.29, 1.82) is 0 Å². The second-order valence-electron chi connectivity index (χ2n) is 11.3. The molecule has 1 heterocycles. The van der Waals surface area contributed by atoms with Gasteiger partial charge in [-0.05, 0) is 91.2 Å². The van der Waals surface area contributed by atoms with Gasteiger partial charge in [0.1, 0.15) is 5.75 Å². The molecule has 1 aliphatic rings. The van der Waals surface area contributed by atoms with Crippen LogP contribution in [0.25, 0.3) is 0 Å². The monoisotopic (exact) mass is 682 g/mol. The summed E-state index contributed by atoms with van der Waals surface area (Å²) in [7, 11) is 0. The van der Waals surface area contributed by atoms with Crippen LogP contribution in [0.2, 0.25) is 0 Å². The predicted octanol–water partition coefficient (Wildman–Crippen LogP) is 8.24. The predicted molar refractivity (Wildman–Crippen MR) is 149 cm³/mol. The molecule has 1 N–H and O–H groups in total. The Morgan fingerprint density at radius 2 is 1.53 bits per heavy atom. The van der Waals surface area contributed by atoms with Gasteiger partial charge in [-0.1, -0.05) is 0 Å². The first-order valence-electron chi connectivity index (χ1n) is 14.5. The van der Waals surface area contributed by atoms with Gasteiger partial charge in [-0.25, -0.2) is 0 Å². The van der Waals surface area contributed by atoms with E-state index in [1.807, 2.05) is 4.90 Å². The molecule has 0 bridgehead atoms. The average Bonchev–Trinajstić information content (AvgIpc) is 3.40. The van der Waals surface area contributed by atoms with E-state index in [4.69, 9.17) is 4.52 Å². The molecule has 0 saturated heterocycles. The lowest BCUT2D eigenvalue weighted by atomic mass is 9.81. The fourth-order valence-electron chi connectivity index (χ4n) is 5.65. The second kappa shape index (κ2) is 13.9. The summed E-state index contributed by atoms with van der Waals surface area (Å²) in [5, 5.41) is 13.1. The molecule has 2 aromatic carbocycles. The number of aryl methyl sites for hydroxylation is 1. The number of benzene rings is 2. The zero-order chi connectivity index (χ0) is 34.7. The number of rotatable bonds is 11. The van der Waals surface area contributed by atoms with Crippen molar-refractivity contribution >= 4 is 17.6 Å². The van der Waals surface area contributed by atoms with Crippen LogP contribution in [0.3, 0.4) is 0 Å². The molecule has 258 valence electrons. The SMILES string of the molecule is CCN(CC1CCC(C(=O)O)CC1)c1ccc(OC(F)(F)F)cc1CN(Cc1cc(C(F)(F)F)cc(C(F)(F)F)c1)c1noc(C)n1. The Labute approximate surface area is 263 Å². The summed E-state index contributed by atoms with van der Waals surface area (Å²) in [5.41, 5.74) is -2.89. The van der Waals surface area contributed by atoms with E-state index >= 15 is 0 Å². The quantitative estimate of drug-likeness (QED) is 0.202. The van der Waals surface area contributed by atoms with Crippen molar-refractivity contribution in [2.75, 3.05) is 22.9 Å². The van der Waals surface area contributed by atoms with Crippen molar-refractivity contribution in [2.45, 2.75) is 71.3 Å². The zero-order valence-corrected chi connectivity index (χ0v) is 25.1. The molecule has 17 heteroatoms. The molecule has 4 rings (SSSR count). The summed E-state index contributed by atoms with van der Waals surface area (Å²) in [6.07, 6.45) is -13.1. The summed E-state index contributed by atoms with van der Waals surface area (Å²) in [6, 6.07) is 4.65. The van der Waals surface area contributed by atoms with Gasteiger partial charge >= 0.3 is 24.7 Å². The maximum absolute atomic E-state index is 13.6. The van der Waals surface area contributed by atoms with Crippen molar-refractivity contribution in [2.24, 2.45) is 11.8 Å². The number of anilines is 2. The number of aliphatic carboxylic acids is 1. The molecule has 1 saturated carbocycles. The van der Waals surface area contributed by atoms with Crippen LogP contribution in [0.5, 0.6) is 5.75 Å². The highest BCUT2D eigenvalue weighted by molar-refractivity contribution is 5.70. The second-order valence-corrected chi connectivity index (χ2v) is 11.3. The molecular weight excluding hydrogens is 651 g/mol. The molecular formula is C30H31F9N4O4. The minimum Gasteiger partial charge on any atom is -0.481 e. The molecule has 0 spiro atoms. The molecule has 0 atom stereocenters. The van der Waals surface area contributed by atoms with Crippen molar-refractivity contribution in [3.8, 4) is 5.75 Å². The van der Waals surface area contributed by atoms with Gasteiger partial charge in [-0.3, -0.25) is 4.79 Å². The molecule has 0 amide bonds. The van der Waals surface area contributed by atoms with Crippen LogP contribution in [0.1, 0.15) is 60.8 Å². The molecule has 1 fully saturated rings. The van der Waals surface area contributed by atoms with Gasteiger partial charge in [0.25, 0.3) is 5.95 Å². The fraction of sp³-hybridized carbons (Fsp3) is 0.500. The Bertz CT molecular complexity index is 1500. The number of carboxylic acids is 1. The molecule has 0 unspecified atom stereocenters. The normalized spacial score (nSPS) is 17.4. The van der Waals surface area contributed by atoms with Gasteiger partial charge < -0.3 is 24.2 Å². The van der Waals surface area contributed by atoms with E-state index in [-0.39, 0.29) is 35.9 Å². The number of halogens is 9. The fourth-order valence-corrected chi connectivity index (χ4v) is 5.65. The summed E-state index contributed by atoms with van der Waals surface area (Å²) < 4.78 is 130. The summed E-state index contributed by atoms with van der Waals surface area (Å²) in [6.45, 7) is 3.01. The largest absolute Gasteiger partial charge is 0.573 e. The van der Waals surface area contributed by atoms with Crippen LogP contribution in [0.4, 0.5) is 51.1 Å². The van der Waals surface area contributed by atoms with Crippen molar-refractivity contribution in [1.82, 2.24) is 10.1 Å². The number of carboxylic acid groups (broad SMARTS) is 1. The van der Waals surface area contributed by atoms with E-state index in [1.165, 1.54) is 17.9 Å². The standard InChI is InChI=1S/C30H31F9N4O4/c1-3-42(14-18-4-6-20(7-5-18)26(44)45)25-9-8-24(46-30(37,38)39)12-21(25)16-43(27-40-17(2)47-41-27)15-19-10-22(28(31,32)33)13-23(11-19)29(34,35)36/h8-13,18,20H,3-7,14-16H2,1-2H3,(H,44,45). The first-order valence-corrected chi connectivity index (χ1v) is 14.5. The van der Waals surface area contributed by atoms with Gasteiger partial charge in [-0.2, -0.15) is 31.3 Å². The topological polar surface area (TPSA) is 91.9 Å². The third-order valence-electron chi connectivity index (χ3n) is 7.86. The van der Waals surface area contributed by atoms with Crippen LogP contribution in [0.15, 0.2) is 40.9 Å². The van der Waals surface area contributed by atoms with E-state index in [1.54, 1.807) is 6.92 Å². The van der Waals surface area contributed by atoms with Gasteiger partial charge in [0.05, 0.1) is 17.0 Å². The van der Waals surface area contributed by atoms with Gasteiger partial charge in [0.2, 0.25) is 5.89 Å². The Hall–Kier alpha value is -4.18. The number of hydrogen-bond acceptors (Lipinski definition) is 7. The van der Waals surface area contributed by atoms with Crippen LogP contribution in [-0.2, 0) is 30.2 Å². The van der Waals surface area contributed by atoms with E-state index in [0.717, 1.165) is 12.1 Å². The number of alkyl halides is 9. The number of ether oxygens (including phenoxy) is 1. The van der Waals surface area contributed by atoms with Gasteiger partial charge in [0.15, 0.2) is 0 Å². The lowest BCUT2D eigenvalue weighted by Gasteiger charge is -2.34. The minimum absolute atomic E-state index is 0.00848. The van der Waals surface area contributed by atoms with Crippen molar-refractivity contribution < 1.29 is 58.7 Å². The van der Waals surface area contributed by atoms with Crippen LogP contribution < -0.4 is 14.5 Å². The van der Waals surface area contributed by atoms with E-state index in [9.17, 15) is 49.4 Å². The lowest BCUT2D eigenvalue weighted by molar-refractivity contribution is -0.274. The highest BCUT2D eigenvalue weighted by atomic mass is 19.4. The maximum Gasteiger partial charge on any atom is 0.573 e. The lowest BCUT2D eigenvalue weighted by Crippen LogP contribution is -2.34. The number of hydrogen-bond donors (Lipinski definition) is 1. The Kier molecular flexibility index (Phi) is 10.5. The molecule has 47 heavy (non-hydrogen) atoms. The van der Waals surface area contributed by atoms with Crippen molar-refractivity contribution in [3.63, 3.8) is 0 Å². The highest BCUT2D eigenvalue weighted by Crippen LogP contribution is 2.38. The third-order valence-corrected chi connectivity index (χ3v) is 7.86. The first-order chi connectivity index (χ1) is 21.8. The third kappa shape index (κ3) is 9.67. The number of aromatic nitrogens is 2. The molecule has 1 aliphatic carbocycles. The van der Waals surface area contributed by atoms with Crippen LogP contribution in [-0.4, -0.2) is 40.7 Å². The van der Waals surface area contributed by atoms with Crippen LogP contribution >= 0.6 is 0 Å². The summed E-state index contributed by atoms with van der Waals surface area (Å²) in [5.74, 6) is -2.08. The van der Waals surface area contributed by atoms with Gasteiger partial charge in [0, 0.05) is 38.8 Å². The Morgan fingerprint density at radius 3 is 2.02 bits per heavy atom. The molecule has 3 aromatic rings. The number of nitrogens with zero attached hydrogens (tertiary/aromatic N) is 4. The van der Waals surface area contributed by atoms with Gasteiger partial charge in [-0.15, -0.1) is 13.2 Å². The Balaban J connectivity index is 1.74. The van der Waals surface area contributed by atoms with Crippen LogP contribution in [0, 0.1) is 18.8 Å². The van der Waals surface area contributed by atoms with E-state index < -0.39 is 59.6 Å². The molecule has 1 aromatic heterocycles. The highest BCUT2D eigenvalue weighted by Gasteiger charge is 2.37. The summed E-state index contributed by atoms with van der Waals surface area (Å²) >= 11 is 0. The van der Waals surface area contributed by atoms with E-state index in [2.05, 4.69) is 14.9 Å². The average molecular weight is 683 g/mol. The smallest absolute Gasteiger partial charge is 0.481 e. The zero-order valence-electron chi connectivity index (χ0n) is 25.1. The van der Waals surface area contributed by atoms with Crippen molar-refractivity contribution in [3.05, 3.63) is 64.5 Å². The molecule has 8 nitrogen and oxygen atoms in total. The summed E-state index contributed by atoms with van der Waals surface area (Å²) in [4.78, 5) is 18.5. The Morgan fingerprint density at radius 1 is 0.915 bits per heavy atom. The number of carbonyl (C=O) groups is 1. The first kappa shape index (κ1) is 35.7. The molecule has 0 radical (unpaired) electrons.